The van der Waals surface area contributed by atoms with E-state index < -0.39 is 0 Å². The van der Waals surface area contributed by atoms with Gasteiger partial charge in [0.1, 0.15) is 4.70 Å². The molecule has 0 atom stereocenters. The Labute approximate surface area is 178 Å². The molecule has 5 nitrogen and oxygen atoms in total. The normalized spacial score (nSPS) is 15.2. The van der Waals surface area contributed by atoms with Crippen molar-refractivity contribution in [3.05, 3.63) is 57.2 Å². The van der Waals surface area contributed by atoms with Crippen molar-refractivity contribution in [2.75, 3.05) is 18.8 Å². The zero-order valence-electron chi connectivity index (χ0n) is 16.8. The summed E-state index contributed by atoms with van der Waals surface area (Å²) in [5.41, 5.74) is 2.91. The first-order valence-electron chi connectivity index (χ1n) is 9.95. The molecule has 0 N–H and O–H groups in total. The number of piperidine rings is 1. The van der Waals surface area contributed by atoms with Gasteiger partial charge in [-0.1, -0.05) is 48.5 Å². The number of hydrogen-bond acceptors (Lipinski definition) is 5. The molecule has 1 saturated heterocycles. The van der Waals surface area contributed by atoms with Crippen LogP contribution in [0.15, 0.2) is 45.7 Å². The van der Waals surface area contributed by atoms with Crippen LogP contribution in [0, 0.1) is 12.8 Å². The summed E-state index contributed by atoms with van der Waals surface area (Å²) >= 11 is 2.79. The zero-order chi connectivity index (χ0) is 20.4. The SMILES string of the molecule is Cc1ccc(Cn2c(SCC(=O)N3CCC(C)CC3)nc3ccsc3c2=O)cc1. The lowest BCUT2D eigenvalue weighted by Gasteiger charge is -2.30. The van der Waals surface area contributed by atoms with Crippen molar-refractivity contribution in [1.82, 2.24) is 14.5 Å². The number of amides is 1. The van der Waals surface area contributed by atoms with Crippen molar-refractivity contribution in [2.45, 2.75) is 38.4 Å². The molecule has 2 aromatic heterocycles. The lowest BCUT2D eigenvalue weighted by molar-refractivity contribution is -0.129. The first-order valence-corrected chi connectivity index (χ1v) is 11.8. The number of nitrogens with zero attached hydrogens (tertiary/aromatic N) is 3. The van der Waals surface area contributed by atoms with E-state index in [-0.39, 0.29) is 11.5 Å². The summed E-state index contributed by atoms with van der Waals surface area (Å²) in [5.74, 6) is 1.13. The van der Waals surface area contributed by atoms with Crippen molar-refractivity contribution < 1.29 is 4.79 Å². The molecule has 1 aliphatic heterocycles. The van der Waals surface area contributed by atoms with Crippen LogP contribution in [0.3, 0.4) is 0 Å². The van der Waals surface area contributed by atoms with Crippen molar-refractivity contribution in [1.29, 1.82) is 0 Å². The van der Waals surface area contributed by atoms with Crippen molar-refractivity contribution in [2.24, 2.45) is 5.92 Å². The van der Waals surface area contributed by atoms with Crippen molar-refractivity contribution in [3.63, 3.8) is 0 Å². The van der Waals surface area contributed by atoms with Crippen LogP contribution >= 0.6 is 23.1 Å². The van der Waals surface area contributed by atoms with Gasteiger partial charge in [-0.3, -0.25) is 14.2 Å². The van der Waals surface area contributed by atoms with E-state index in [2.05, 4.69) is 6.92 Å². The molecule has 1 aliphatic rings. The van der Waals surface area contributed by atoms with E-state index in [1.54, 1.807) is 4.57 Å². The molecule has 1 aromatic carbocycles. The van der Waals surface area contributed by atoms with Gasteiger partial charge < -0.3 is 4.90 Å². The lowest BCUT2D eigenvalue weighted by atomic mass is 9.99. The Morgan fingerprint density at radius 3 is 2.66 bits per heavy atom. The van der Waals surface area contributed by atoms with Crippen molar-refractivity contribution >= 4 is 39.2 Å². The molecular formula is C22H25N3O2S2. The van der Waals surface area contributed by atoms with Gasteiger partial charge in [0, 0.05) is 13.1 Å². The predicted octanol–water partition coefficient (Wildman–Crippen LogP) is 4.17. The Kier molecular flexibility index (Phi) is 6.06. The van der Waals surface area contributed by atoms with Crippen LogP contribution in [0.5, 0.6) is 0 Å². The number of thiophene rings is 1. The first kappa shape index (κ1) is 20.2. The third kappa shape index (κ3) is 4.56. The average Bonchev–Trinajstić information content (AvgIpc) is 3.19. The van der Waals surface area contributed by atoms with E-state index >= 15 is 0 Å². The second-order valence-electron chi connectivity index (χ2n) is 7.76. The fourth-order valence-corrected chi connectivity index (χ4v) is 5.20. The summed E-state index contributed by atoms with van der Waals surface area (Å²) in [6.45, 7) is 6.39. The number of benzene rings is 1. The van der Waals surface area contributed by atoms with Gasteiger partial charge in [0.25, 0.3) is 5.56 Å². The molecule has 0 spiro atoms. The fourth-order valence-electron chi connectivity index (χ4n) is 3.52. The largest absolute Gasteiger partial charge is 0.342 e. The summed E-state index contributed by atoms with van der Waals surface area (Å²) < 4.78 is 2.37. The average molecular weight is 428 g/mol. The number of hydrogen-bond donors (Lipinski definition) is 0. The van der Waals surface area contributed by atoms with Crippen LogP contribution in [0.4, 0.5) is 0 Å². The minimum absolute atomic E-state index is 0.0349. The maximum Gasteiger partial charge on any atom is 0.272 e. The van der Waals surface area contributed by atoms with Crippen LogP contribution in [-0.2, 0) is 11.3 Å². The molecule has 0 bridgehead atoms. The molecule has 3 heterocycles. The van der Waals surface area contributed by atoms with Crippen LogP contribution in [0.1, 0.15) is 30.9 Å². The molecule has 0 aliphatic carbocycles. The molecule has 4 rings (SSSR count). The van der Waals surface area contributed by atoms with Gasteiger partial charge in [0.2, 0.25) is 5.91 Å². The summed E-state index contributed by atoms with van der Waals surface area (Å²) in [6.07, 6.45) is 2.13. The number of rotatable bonds is 5. The number of carbonyl (C=O) groups excluding carboxylic acids is 1. The highest BCUT2D eigenvalue weighted by molar-refractivity contribution is 7.99. The molecule has 0 saturated carbocycles. The van der Waals surface area contributed by atoms with Gasteiger partial charge in [-0.05, 0) is 42.7 Å². The van der Waals surface area contributed by atoms with E-state index in [4.69, 9.17) is 4.98 Å². The number of carbonyl (C=O) groups is 1. The molecule has 7 heteroatoms. The van der Waals surface area contributed by atoms with Gasteiger partial charge in [-0.15, -0.1) is 11.3 Å². The first-order chi connectivity index (χ1) is 14.0. The number of likely N-dealkylation sites (tertiary alicyclic amines) is 1. The van der Waals surface area contributed by atoms with E-state index in [0.29, 0.717) is 33.6 Å². The Bertz CT molecular complexity index is 1060. The molecule has 0 radical (unpaired) electrons. The molecule has 152 valence electrons. The van der Waals surface area contributed by atoms with E-state index in [0.717, 1.165) is 31.5 Å². The molecule has 29 heavy (non-hydrogen) atoms. The van der Waals surface area contributed by atoms with Gasteiger partial charge in [-0.25, -0.2) is 4.98 Å². The van der Waals surface area contributed by atoms with Crippen LogP contribution in [0.25, 0.3) is 10.2 Å². The van der Waals surface area contributed by atoms with Crippen LogP contribution in [0.2, 0.25) is 0 Å². The maximum atomic E-state index is 13.1. The van der Waals surface area contributed by atoms with Gasteiger partial charge in [0.15, 0.2) is 5.16 Å². The molecular weight excluding hydrogens is 402 g/mol. The summed E-state index contributed by atoms with van der Waals surface area (Å²) in [6, 6.07) is 10.0. The Hall–Kier alpha value is -2.12. The number of aromatic nitrogens is 2. The zero-order valence-corrected chi connectivity index (χ0v) is 18.4. The highest BCUT2D eigenvalue weighted by Crippen LogP contribution is 2.23. The smallest absolute Gasteiger partial charge is 0.272 e. The van der Waals surface area contributed by atoms with E-state index in [1.807, 2.05) is 47.5 Å². The molecule has 1 fully saturated rings. The minimum Gasteiger partial charge on any atom is -0.342 e. The van der Waals surface area contributed by atoms with E-state index in [1.165, 1.54) is 28.7 Å². The molecule has 0 unspecified atom stereocenters. The van der Waals surface area contributed by atoms with Crippen LogP contribution < -0.4 is 5.56 Å². The quantitative estimate of drug-likeness (QED) is 0.453. The predicted molar refractivity (Wildman–Crippen MR) is 120 cm³/mol. The summed E-state index contributed by atoms with van der Waals surface area (Å²) in [5, 5.41) is 2.50. The van der Waals surface area contributed by atoms with Crippen molar-refractivity contribution in [3.8, 4) is 0 Å². The Morgan fingerprint density at radius 2 is 1.93 bits per heavy atom. The third-order valence-electron chi connectivity index (χ3n) is 5.45. The number of aryl methyl sites for hydroxylation is 1. The van der Waals surface area contributed by atoms with E-state index in [9.17, 15) is 9.59 Å². The van der Waals surface area contributed by atoms with Gasteiger partial charge in [-0.2, -0.15) is 0 Å². The summed E-state index contributed by atoms with van der Waals surface area (Å²) in [7, 11) is 0. The highest BCUT2D eigenvalue weighted by atomic mass is 32.2. The second kappa shape index (κ2) is 8.71. The number of fused-ring (bicyclic) bond motifs is 1. The highest BCUT2D eigenvalue weighted by Gasteiger charge is 2.21. The van der Waals surface area contributed by atoms with Gasteiger partial charge >= 0.3 is 0 Å². The molecule has 3 aromatic rings. The standard InChI is InChI=1S/C22H25N3O2S2/c1-15-3-5-17(6-4-15)13-25-21(27)20-18(9-12-28-20)23-22(25)29-14-19(26)24-10-7-16(2)8-11-24/h3-6,9,12,16H,7-8,10-11,13-14H2,1-2H3. The maximum absolute atomic E-state index is 13.1. The van der Waals surface area contributed by atoms with Crippen LogP contribution in [-0.4, -0.2) is 39.2 Å². The topological polar surface area (TPSA) is 55.2 Å². The minimum atomic E-state index is -0.0349. The summed E-state index contributed by atoms with van der Waals surface area (Å²) in [4.78, 5) is 32.4. The molecule has 1 amide bonds. The second-order valence-corrected chi connectivity index (χ2v) is 9.62. The lowest BCUT2D eigenvalue weighted by Crippen LogP contribution is -2.39. The van der Waals surface area contributed by atoms with Gasteiger partial charge in [0.05, 0.1) is 17.8 Å². The number of thioether (sulfide) groups is 1. The third-order valence-corrected chi connectivity index (χ3v) is 7.31. The monoisotopic (exact) mass is 427 g/mol. The Balaban J connectivity index is 1.58. The fraction of sp³-hybridized carbons (Fsp3) is 0.409. The Morgan fingerprint density at radius 1 is 1.21 bits per heavy atom.